The van der Waals surface area contributed by atoms with Gasteiger partial charge in [-0.05, 0) is 27.7 Å². The third kappa shape index (κ3) is 1.92. The first-order valence-electron chi connectivity index (χ1n) is 8.62. The van der Waals surface area contributed by atoms with Crippen molar-refractivity contribution in [3.63, 3.8) is 0 Å². The number of aromatic nitrogens is 2. The second kappa shape index (κ2) is 4.66. The van der Waals surface area contributed by atoms with E-state index < -0.39 is 5.79 Å². The van der Waals surface area contributed by atoms with Gasteiger partial charge in [0.15, 0.2) is 12.1 Å². The van der Waals surface area contributed by atoms with Gasteiger partial charge in [0.2, 0.25) is 0 Å². The van der Waals surface area contributed by atoms with Crippen LogP contribution in [-0.2, 0) is 24.5 Å². The second-order valence-electron chi connectivity index (χ2n) is 8.13. The molecule has 5 heterocycles. The first-order valence-corrected chi connectivity index (χ1v) is 8.62. The molecule has 4 aliphatic heterocycles. The summed E-state index contributed by atoms with van der Waals surface area (Å²) in [5.41, 5.74) is -0.0960. The molecule has 0 spiro atoms. The highest BCUT2D eigenvalue weighted by Gasteiger charge is 2.64. The lowest BCUT2D eigenvalue weighted by molar-refractivity contribution is -0.760. The maximum atomic E-state index is 6.24. The van der Waals surface area contributed by atoms with Gasteiger partial charge in [-0.25, -0.2) is 4.57 Å². The van der Waals surface area contributed by atoms with E-state index in [1.54, 1.807) is 0 Å². The molecule has 0 unspecified atom stereocenters. The van der Waals surface area contributed by atoms with Crippen molar-refractivity contribution in [2.45, 2.75) is 69.7 Å². The molecule has 0 amide bonds. The molecule has 0 bridgehead atoms. The summed E-state index contributed by atoms with van der Waals surface area (Å²) in [6.07, 6.45) is 4.98. The number of nitrogens with one attached hydrogen (secondary N) is 1. The lowest BCUT2D eigenvalue weighted by Gasteiger charge is -2.47. The quantitative estimate of drug-likeness (QED) is 0.708. The first kappa shape index (κ1) is 15.0. The Hall–Kier alpha value is -1.28. The predicted octanol–water partition coefficient (Wildman–Crippen LogP) is 0.790. The van der Waals surface area contributed by atoms with Crippen molar-refractivity contribution in [1.29, 1.82) is 0 Å². The molecule has 4 aliphatic rings. The summed E-state index contributed by atoms with van der Waals surface area (Å²) in [5, 5.41) is 3.62. The van der Waals surface area contributed by atoms with Crippen molar-refractivity contribution < 1.29 is 23.5 Å². The number of hydrogen-bond donors (Lipinski definition) is 1. The van der Waals surface area contributed by atoms with Crippen molar-refractivity contribution in [3.05, 3.63) is 18.6 Å². The molecule has 0 radical (unpaired) electrons. The van der Waals surface area contributed by atoms with Crippen LogP contribution in [0.2, 0.25) is 0 Å². The van der Waals surface area contributed by atoms with Gasteiger partial charge in [-0.3, -0.25) is 10.3 Å². The molecule has 0 aromatic carbocycles. The van der Waals surface area contributed by atoms with Gasteiger partial charge in [-0.1, -0.05) is 0 Å². The largest absolute Gasteiger partial charge is 0.372 e. The van der Waals surface area contributed by atoms with Crippen LogP contribution in [0.25, 0.3) is 0 Å². The maximum absolute atomic E-state index is 6.24. The summed E-state index contributed by atoms with van der Waals surface area (Å²) in [5.74, 6) is 0.671. The van der Waals surface area contributed by atoms with Crippen molar-refractivity contribution in [3.8, 4) is 0 Å². The number of anilines is 1. The van der Waals surface area contributed by atoms with Gasteiger partial charge in [-0.2, -0.15) is 0 Å². The molecule has 1 aromatic rings. The Labute approximate surface area is 141 Å². The molecule has 6 atom stereocenters. The number of nitrogens with zero attached hydrogens (tertiary/aromatic N) is 2. The van der Waals surface area contributed by atoms with Crippen LogP contribution in [0.5, 0.6) is 0 Å². The zero-order valence-electron chi connectivity index (χ0n) is 14.4. The highest BCUT2D eigenvalue weighted by Crippen LogP contribution is 2.46. The molecule has 3 saturated heterocycles. The highest BCUT2D eigenvalue weighted by molar-refractivity contribution is 5.31. The molecule has 7 nitrogen and oxygen atoms in total. The van der Waals surface area contributed by atoms with E-state index >= 15 is 0 Å². The number of rotatable bonds is 0. The van der Waals surface area contributed by atoms with Gasteiger partial charge >= 0.3 is 0 Å². The van der Waals surface area contributed by atoms with Gasteiger partial charge in [-0.15, -0.1) is 0 Å². The lowest BCUT2D eigenvalue weighted by atomic mass is 9.75. The molecular weight excluding hydrogens is 310 g/mol. The van der Waals surface area contributed by atoms with Gasteiger partial charge in [0, 0.05) is 0 Å². The van der Waals surface area contributed by atoms with Crippen LogP contribution in [0.1, 0.15) is 27.7 Å². The molecule has 1 aromatic heterocycles. The van der Waals surface area contributed by atoms with E-state index in [1.165, 1.54) is 0 Å². The van der Waals surface area contributed by atoms with Crippen molar-refractivity contribution >= 4 is 5.82 Å². The summed E-state index contributed by atoms with van der Waals surface area (Å²) in [6.45, 7) is 8.97. The minimum Gasteiger partial charge on any atom is -0.372 e. The fourth-order valence-electron chi connectivity index (χ4n) is 4.68. The van der Waals surface area contributed by atoms with E-state index in [4.69, 9.17) is 18.9 Å². The molecule has 7 heteroatoms. The van der Waals surface area contributed by atoms with E-state index in [0.29, 0.717) is 6.61 Å². The summed E-state index contributed by atoms with van der Waals surface area (Å²) < 4.78 is 26.6. The van der Waals surface area contributed by atoms with Crippen LogP contribution < -0.4 is 9.88 Å². The molecule has 3 fully saturated rings. The summed E-state index contributed by atoms with van der Waals surface area (Å²) >= 11 is 0. The van der Waals surface area contributed by atoms with Crippen LogP contribution in [0.15, 0.2) is 18.6 Å². The Balaban J connectivity index is 1.49. The molecule has 5 rings (SSSR count). The molecule has 1 N–H and O–H groups in total. The Morgan fingerprint density at radius 3 is 2.83 bits per heavy atom. The van der Waals surface area contributed by atoms with Crippen LogP contribution in [0.3, 0.4) is 0 Å². The zero-order valence-corrected chi connectivity index (χ0v) is 14.4. The lowest BCUT2D eigenvalue weighted by Crippen LogP contribution is -2.71. The normalized spacial score (nSPS) is 44.0. The number of hydrogen-bond acceptors (Lipinski definition) is 6. The van der Waals surface area contributed by atoms with Gasteiger partial charge in [0.05, 0.1) is 18.7 Å². The molecular formula is C17H24N3O4+. The van der Waals surface area contributed by atoms with Crippen molar-refractivity contribution in [1.82, 2.24) is 4.98 Å². The van der Waals surface area contributed by atoms with Crippen molar-refractivity contribution in [2.24, 2.45) is 5.92 Å². The predicted molar refractivity (Wildman–Crippen MR) is 83.1 cm³/mol. The third-order valence-corrected chi connectivity index (χ3v) is 5.88. The topological polar surface area (TPSA) is 65.7 Å². The molecule has 0 saturated carbocycles. The minimum atomic E-state index is -0.619. The van der Waals surface area contributed by atoms with E-state index in [9.17, 15) is 0 Å². The average molecular weight is 334 g/mol. The smallest absolute Gasteiger partial charge is 0.293 e. The van der Waals surface area contributed by atoms with Gasteiger partial charge in [0.1, 0.15) is 42.3 Å². The highest BCUT2D eigenvalue weighted by atomic mass is 16.8. The Morgan fingerprint density at radius 2 is 2.00 bits per heavy atom. The number of fused-ring (bicyclic) bond motifs is 6. The van der Waals surface area contributed by atoms with E-state index in [1.807, 2.05) is 32.4 Å². The fourth-order valence-corrected chi connectivity index (χ4v) is 4.68. The molecule has 24 heavy (non-hydrogen) atoms. The van der Waals surface area contributed by atoms with Crippen LogP contribution in [0.4, 0.5) is 5.82 Å². The van der Waals surface area contributed by atoms with E-state index in [2.05, 4.69) is 28.7 Å². The van der Waals surface area contributed by atoms with Gasteiger partial charge in [0.25, 0.3) is 5.82 Å². The average Bonchev–Trinajstić information content (AvgIpc) is 2.99. The minimum absolute atomic E-state index is 0.0944. The molecule has 0 aliphatic carbocycles. The van der Waals surface area contributed by atoms with Crippen LogP contribution >= 0.6 is 0 Å². The van der Waals surface area contributed by atoms with Crippen LogP contribution in [0, 0.1) is 5.92 Å². The first-order chi connectivity index (χ1) is 11.4. The zero-order chi connectivity index (χ0) is 16.7. The van der Waals surface area contributed by atoms with Crippen LogP contribution in [-0.4, -0.2) is 48.0 Å². The van der Waals surface area contributed by atoms with E-state index in [-0.39, 0.29) is 42.1 Å². The Kier molecular flexibility index (Phi) is 2.92. The van der Waals surface area contributed by atoms with E-state index in [0.717, 1.165) is 5.82 Å². The van der Waals surface area contributed by atoms with Crippen molar-refractivity contribution in [2.75, 3.05) is 11.9 Å². The molecule has 130 valence electrons. The third-order valence-electron chi connectivity index (χ3n) is 5.88. The Morgan fingerprint density at radius 1 is 1.17 bits per heavy atom. The summed E-state index contributed by atoms with van der Waals surface area (Å²) in [7, 11) is 0. The van der Waals surface area contributed by atoms with Gasteiger partial charge < -0.3 is 18.9 Å². The standard InChI is InChI=1S/C17H23N3O4/c1-16(2)9-8-21-13-12(22-15-14(13)23-17(3,4)24-15)11(9)19-10-7-18-5-6-20(10)16/h5-7,9,11-15H,8H2,1-4H3/p+1/t9-,11+,12-,13+,14-,15-/m1/s1. The monoisotopic (exact) mass is 334 g/mol. The number of ether oxygens (including phenoxy) is 4. The maximum Gasteiger partial charge on any atom is 0.293 e. The Bertz CT molecular complexity index is 680. The SMILES string of the molecule is CC1(C)O[C@H]2O[C@@H]3[C@H]4Nc5cncc[n+]5C(C)(C)[C@@H]4CO[C@@H]3[C@H]2O1. The fraction of sp³-hybridized carbons (Fsp3) is 0.765. The summed E-state index contributed by atoms with van der Waals surface area (Å²) in [4.78, 5) is 4.26. The second-order valence-corrected chi connectivity index (χ2v) is 8.13. The summed E-state index contributed by atoms with van der Waals surface area (Å²) in [6, 6.07) is 0.142.